The van der Waals surface area contributed by atoms with Crippen molar-refractivity contribution >= 4 is 5.91 Å². The second kappa shape index (κ2) is 6.37. The molecule has 118 valence electrons. The second-order valence-corrected chi connectivity index (χ2v) is 6.13. The third kappa shape index (κ3) is 3.04. The number of benzene rings is 2. The Bertz CT molecular complexity index is 762. The molecule has 2 aromatic carbocycles. The standard InChI is InChI=1S/C20H20FNO/c1-14(2)13-19(23)22-12-11-15-7-3-4-8-16(15)20(22)17-9-5-6-10-18(17)21/h3-10,13,20H,11-12H2,1-2H3. The van der Waals surface area contributed by atoms with E-state index in [0.717, 1.165) is 17.6 Å². The van der Waals surface area contributed by atoms with Crippen LogP contribution in [-0.4, -0.2) is 17.4 Å². The van der Waals surface area contributed by atoms with Crippen LogP contribution in [0.4, 0.5) is 4.39 Å². The maximum absolute atomic E-state index is 14.4. The molecule has 0 N–H and O–H groups in total. The molecule has 0 bridgehead atoms. The fourth-order valence-corrected chi connectivity index (χ4v) is 3.17. The summed E-state index contributed by atoms with van der Waals surface area (Å²) in [5.74, 6) is -0.336. The summed E-state index contributed by atoms with van der Waals surface area (Å²) in [6.45, 7) is 4.39. The summed E-state index contributed by atoms with van der Waals surface area (Å²) in [7, 11) is 0. The van der Waals surface area contributed by atoms with Gasteiger partial charge in [0.2, 0.25) is 5.91 Å². The van der Waals surface area contributed by atoms with E-state index < -0.39 is 0 Å². The van der Waals surface area contributed by atoms with E-state index in [1.165, 1.54) is 11.6 Å². The molecule has 0 saturated heterocycles. The predicted molar refractivity (Wildman–Crippen MR) is 89.5 cm³/mol. The number of fused-ring (bicyclic) bond motifs is 1. The van der Waals surface area contributed by atoms with Gasteiger partial charge in [0.25, 0.3) is 0 Å². The van der Waals surface area contributed by atoms with Gasteiger partial charge in [-0.1, -0.05) is 48.0 Å². The summed E-state index contributed by atoms with van der Waals surface area (Å²) >= 11 is 0. The SMILES string of the molecule is CC(C)=CC(=O)N1CCc2ccccc2C1c1ccccc1F. The zero-order valence-corrected chi connectivity index (χ0v) is 13.4. The Morgan fingerprint density at radius 2 is 1.74 bits per heavy atom. The van der Waals surface area contributed by atoms with Gasteiger partial charge < -0.3 is 4.90 Å². The normalized spacial score (nSPS) is 16.7. The Balaban J connectivity index is 2.13. The highest BCUT2D eigenvalue weighted by molar-refractivity contribution is 5.89. The number of nitrogens with zero attached hydrogens (tertiary/aromatic N) is 1. The van der Waals surface area contributed by atoms with Crippen molar-refractivity contribution in [2.45, 2.75) is 26.3 Å². The fraction of sp³-hybridized carbons (Fsp3) is 0.250. The van der Waals surface area contributed by atoms with Gasteiger partial charge in [-0.3, -0.25) is 4.79 Å². The van der Waals surface area contributed by atoms with Gasteiger partial charge in [0.05, 0.1) is 6.04 Å². The van der Waals surface area contributed by atoms with Crippen LogP contribution in [0.1, 0.15) is 36.6 Å². The maximum Gasteiger partial charge on any atom is 0.247 e. The highest BCUT2D eigenvalue weighted by Gasteiger charge is 2.32. The molecule has 1 unspecified atom stereocenters. The fourth-order valence-electron chi connectivity index (χ4n) is 3.17. The first kappa shape index (κ1) is 15.5. The molecule has 0 saturated carbocycles. The largest absolute Gasteiger partial charge is 0.328 e. The lowest BCUT2D eigenvalue weighted by atomic mass is 9.88. The number of carbonyl (C=O) groups excluding carboxylic acids is 1. The Morgan fingerprint density at radius 1 is 1.09 bits per heavy atom. The minimum absolute atomic E-state index is 0.0623. The molecule has 2 aromatic rings. The van der Waals surface area contributed by atoms with Crippen LogP contribution in [0.15, 0.2) is 60.2 Å². The molecule has 3 rings (SSSR count). The lowest BCUT2D eigenvalue weighted by molar-refractivity contribution is -0.128. The molecular formula is C20H20FNO. The minimum Gasteiger partial charge on any atom is -0.328 e. The summed E-state index contributed by atoms with van der Waals surface area (Å²) < 4.78 is 14.4. The number of allylic oxidation sites excluding steroid dienone is 1. The molecule has 0 fully saturated rings. The van der Waals surface area contributed by atoms with E-state index in [1.807, 2.05) is 38.1 Å². The maximum atomic E-state index is 14.4. The first-order valence-electron chi connectivity index (χ1n) is 7.85. The number of hydrogen-bond acceptors (Lipinski definition) is 1. The van der Waals surface area contributed by atoms with Gasteiger partial charge in [-0.2, -0.15) is 0 Å². The van der Waals surface area contributed by atoms with Crippen LogP contribution in [-0.2, 0) is 11.2 Å². The third-order valence-corrected chi connectivity index (χ3v) is 4.18. The van der Waals surface area contributed by atoms with Crippen molar-refractivity contribution < 1.29 is 9.18 Å². The van der Waals surface area contributed by atoms with Crippen LogP contribution < -0.4 is 0 Å². The van der Waals surface area contributed by atoms with Gasteiger partial charge in [-0.05, 0) is 37.5 Å². The highest BCUT2D eigenvalue weighted by Crippen LogP contribution is 2.36. The Labute approximate surface area is 136 Å². The van der Waals surface area contributed by atoms with E-state index in [1.54, 1.807) is 23.1 Å². The lowest BCUT2D eigenvalue weighted by Gasteiger charge is -2.37. The first-order valence-corrected chi connectivity index (χ1v) is 7.85. The van der Waals surface area contributed by atoms with Crippen LogP contribution in [0.25, 0.3) is 0 Å². The molecule has 0 aromatic heterocycles. The van der Waals surface area contributed by atoms with Crippen molar-refractivity contribution in [3.63, 3.8) is 0 Å². The van der Waals surface area contributed by atoms with E-state index >= 15 is 0 Å². The van der Waals surface area contributed by atoms with E-state index in [9.17, 15) is 9.18 Å². The van der Waals surface area contributed by atoms with Crippen molar-refractivity contribution in [1.82, 2.24) is 4.90 Å². The van der Waals surface area contributed by atoms with E-state index in [0.29, 0.717) is 12.1 Å². The summed E-state index contributed by atoms with van der Waals surface area (Å²) in [5, 5.41) is 0. The van der Waals surface area contributed by atoms with Gasteiger partial charge in [-0.25, -0.2) is 4.39 Å². The molecule has 1 aliphatic heterocycles. The van der Waals surface area contributed by atoms with Crippen molar-refractivity contribution in [3.05, 3.63) is 82.7 Å². The summed E-state index contributed by atoms with van der Waals surface area (Å²) in [6, 6.07) is 14.3. The molecular weight excluding hydrogens is 289 g/mol. The molecule has 0 radical (unpaired) electrons. The van der Waals surface area contributed by atoms with E-state index in [2.05, 4.69) is 6.07 Å². The Kier molecular flexibility index (Phi) is 4.28. The zero-order chi connectivity index (χ0) is 16.4. The van der Waals surface area contributed by atoms with Gasteiger partial charge >= 0.3 is 0 Å². The van der Waals surface area contributed by atoms with Crippen LogP contribution in [0.2, 0.25) is 0 Å². The number of rotatable bonds is 2. The molecule has 1 atom stereocenters. The summed E-state index contributed by atoms with van der Waals surface area (Å²) in [4.78, 5) is 14.4. The molecule has 0 aliphatic carbocycles. The quantitative estimate of drug-likeness (QED) is 0.759. The molecule has 3 heteroatoms. The average molecular weight is 309 g/mol. The number of carbonyl (C=O) groups is 1. The van der Waals surface area contributed by atoms with Gasteiger partial charge in [0, 0.05) is 18.2 Å². The minimum atomic E-state index is -0.371. The van der Waals surface area contributed by atoms with Crippen LogP contribution in [0, 0.1) is 5.82 Å². The zero-order valence-electron chi connectivity index (χ0n) is 13.4. The summed E-state index contributed by atoms with van der Waals surface area (Å²) in [6.07, 6.45) is 2.42. The third-order valence-electron chi connectivity index (χ3n) is 4.18. The molecule has 1 heterocycles. The molecule has 2 nitrogen and oxygen atoms in total. The van der Waals surface area contributed by atoms with Gasteiger partial charge in [0.1, 0.15) is 5.82 Å². The molecule has 0 spiro atoms. The van der Waals surface area contributed by atoms with Crippen LogP contribution >= 0.6 is 0 Å². The summed E-state index contributed by atoms with van der Waals surface area (Å²) in [5.41, 5.74) is 3.69. The van der Waals surface area contributed by atoms with Crippen LogP contribution in [0.3, 0.4) is 0 Å². The highest BCUT2D eigenvalue weighted by atomic mass is 19.1. The van der Waals surface area contributed by atoms with Crippen molar-refractivity contribution in [2.24, 2.45) is 0 Å². The molecule has 23 heavy (non-hydrogen) atoms. The van der Waals surface area contributed by atoms with E-state index in [-0.39, 0.29) is 17.8 Å². The Morgan fingerprint density at radius 3 is 2.43 bits per heavy atom. The molecule has 1 amide bonds. The number of amides is 1. The number of hydrogen-bond donors (Lipinski definition) is 0. The number of halogens is 1. The lowest BCUT2D eigenvalue weighted by Crippen LogP contribution is -2.40. The first-order chi connectivity index (χ1) is 11.1. The van der Waals surface area contributed by atoms with Crippen LogP contribution in [0.5, 0.6) is 0 Å². The van der Waals surface area contributed by atoms with Gasteiger partial charge in [0.15, 0.2) is 0 Å². The average Bonchev–Trinajstić information content (AvgIpc) is 2.54. The monoisotopic (exact) mass is 309 g/mol. The Hall–Kier alpha value is -2.42. The second-order valence-electron chi connectivity index (χ2n) is 6.13. The predicted octanol–water partition coefficient (Wildman–Crippen LogP) is 4.27. The molecule has 1 aliphatic rings. The van der Waals surface area contributed by atoms with E-state index in [4.69, 9.17) is 0 Å². The smallest absolute Gasteiger partial charge is 0.247 e. The van der Waals surface area contributed by atoms with Crippen molar-refractivity contribution in [2.75, 3.05) is 6.54 Å². The van der Waals surface area contributed by atoms with Gasteiger partial charge in [-0.15, -0.1) is 0 Å². The van der Waals surface area contributed by atoms with Crippen molar-refractivity contribution in [1.29, 1.82) is 0 Å². The topological polar surface area (TPSA) is 20.3 Å². The van der Waals surface area contributed by atoms with Crippen molar-refractivity contribution in [3.8, 4) is 0 Å².